The lowest BCUT2D eigenvalue weighted by molar-refractivity contribution is -0.137. The first kappa shape index (κ1) is 16.2. The summed E-state index contributed by atoms with van der Waals surface area (Å²) in [7, 11) is 0. The molecule has 1 aromatic carbocycles. The maximum absolute atomic E-state index is 13.6. The molecule has 0 spiro atoms. The van der Waals surface area contributed by atoms with Crippen molar-refractivity contribution in [2.24, 2.45) is 5.92 Å². The number of carbonyl (C=O) groups excluding carboxylic acids is 1. The highest BCUT2D eigenvalue weighted by Gasteiger charge is 2.34. The van der Waals surface area contributed by atoms with Gasteiger partial charge in [-0.25, -0.2) is 4.39 Å². The average molecular weight is 330 g/mol. The summed E-state index contributed by atoms with van der Waals surface area (Å²) in [6.45, 7) is 0. The van der Waals surface area contributed by atoms with Crippen LogP contribution in [0.2, 0.25) is 0 Å². The second-order valence-electron chi connectivity index (χ2n) is 6.42. The van der Waals surface area contributed by atoms with Crippen molar-refractivity contribution in [2.75, 3.05) is 5.32 Å². The fourth-order valence-corrected chi connectivity index (χ4v) is 3.60. The van der Waals surface area contributed by atoms with Gasteiger partial charge in [-0.1, -0.05) is 0 Å². The van der Waals surface area contributed by atoms with E-state index in [0.717, 1.165) is 31.7 Å². The van der Waals surface area contributed by atoms with Gasteiger partial charge in [0.25, 0.3) is 0 Å². The highest BCUT2D eigenvalue weighted by Crippen LogP contribution is 2.34. The van der Waals surface area contributed by atoms with Gasteiger partial charge in [0.15, 0.2) is 0 Å². The predicted molar refractivity (Wildman–Crippen MR) is 77.3 cm³/mol. The van der Waals surface area contributed by atoms with Gasteiger partial charge in [0.2, 0.25) is 5.91 Å². The van der Waals surface area contributed by atoms with E-state index < -0.39 is 29.2 Å². The Hall–Kier alpha value is -1.63. The Kier molecular flexibility index (Phi) is 4.31. The minimum absolute atomic E-state index is 0.197. The number of carbonyl (C=O) groups is 1. The normalized spacial score (nSPS) is 27.0. The van der Waals surface area contributed by atoms with E-state index in [1.807, 2.05) is 0 Å². The van der Waals surface area contributed by atoms with E-state index in [4.69, 9.17) is 0 Å². The topological polar surface area (TPSA) is 41.1 Å². The predicted octanol–water partition coefficient (Wildman–Crippen LogP) is 3.70. The lowest BCUT2D eigenvalue weighted by atomic mass is 9.89. The van der Waals surface area contributed by atoms with Crippen LogP contribution in [0.25, 0.3) is 0 Å². The quantitative estimate of drug-likeness (QED) is 0.830. The molecule has 2 aliphatic heterocycles. The van der Waals surface area contributed by atoms with Gasteiger partial charge in [-0.15, -0.1) is 0 Å². The fourth-order valence-electron chi connectivity index (χ4n) is 3.60. The molecule has 2 heterocycles. The smallest absolute Gasteiger partial charge is 0.324 e. The zero-order chi connectivity index (χ0) is 16.6. The fraction of sp³-hybridized carbons (Fsp3) is 0.562. The summed E-state index contributed by atoms with van der Waals surface area (Å²) in [6.07, 6.45) is -0.383. The molecule has 7 heteroatoms. The lowest BCUT2D eigenvalue weighted by Gasteiger charge is -2.28. The molecule has 0 aliphatic carbocycles. The third-order valence-electron chi connectivity index (χ3n) is 4.61. The Bertz CT molecular complexity index is 590. The van der Waals surface area contributed by atoms with Gasteiger partial charge in [-0.05, 0) is 49.8 Å². The number of halogens is 4. The minimum Gasteiger partial charge on any atom is -0.324 e. The highest BCUT2D eigenvalue weighted by atomic mass is 19.4. The van der Waals surface area contributed by atoms with Gasteiger partial charge < -0.3 is 10.6 Å². The second-order valence-corrected chi connectivity index (χ2v) is 6.42. The van der Waals surface area contributed by atoms with Crippen LogP contribution in [0.4, 0.5) is 23.2 Å². The van der Waals surface area contributed by atoms with Crippen molar-refractivity contribution in [3.05, 3.63) is 29.6 Å². The standard InChI is InChI=1S/C16H18F4N2O/c17-13-4-1-10(16(18,19)20)8-14(13)22-15(23)7-9-5-11-2-3-12(6-9)21-11/h1,4,8-9,11-12,21H,2-3,5-7H2,(H,22,23). The minimum atomic E-state index is -4.57. The van der Waals surface area contributed by atoms with Crippen LogP contribution in [-0.4, -0.2) is 18.0 Å². The van der Waals surface area contributed by atoms with Gasteiger partial charge >= 0.3 is 6.18 Å². The van der Waals surface area contributed by atoms with E-state index in [2.05, 4.69) is 10.6 Å². The maximum Gasteiger partial charge on any atom is 0.416 e. The monoisotopic (exact) mass is 330 g/mol. The number of amides is 1. The molecule has 0 aromatic heterocycles. The number of anilines is 1. The molecule has 2 atom stereocenters. The number of hydrogen-bond acceptors (Lipinski definition) is 2. The van der Waals surface area contributed by atoms with Crippen LogP contribution < -0.4 is 10.6 Å². The molecule has 126 valence electrons. The molecule has 3 rings (SSSR count). The average Bonchev–Trinajstić information content (AvgIpc) is 2.79. The molecule has 1 aromatic rings. The van der Waals surface area contributed by atoms with Crippen molar-refractivity contribution in [1.29, 1.82) is 0 Å². The summed E-state index contributed by atoms with van der Waals surface area (Å²) in [5.74, 6) is -1.10. The number of benzene rings is 1. The first-order valence-electron chi connectivity index (χ1n) is 7.74. The van der Waals surface area contributed by atoms with Crippen molar-refractivity contribution in [1.82, 2.24) is 5.32 Å². The van der Waals surface area contributed by atoms with E-state index in [-0.39, 0.29) is 12.3 Å². The Morgan fingerprint density at radius 1 is 1.22 bits per heavy atom. The summed E-state index contributed by atoms with van der Waals surface area (Å²) in [6, 6.07) is 2.88. The summed E-state index contributed by atoms with van der Waals surface area (Å²) in [5, 5.41) is 5.75. The van der Waals surface area contributed by atoms with Crippen molar-refractivity contribution in [3.8, 4) is 0 Å². The molecular formula is C16H18F4N2O. The Morgan fingerprint density at radius 3 is 2.48 bits per heavy atom. The summed E-state index contributed by atoms with van der Waals surface area (Å²) >= 11 is 0. The van der Waals surface area contributed by atoms with Crippen LogP contribution >= 0.6 is 0 Å². The zero-order valence-corrected chi connectivity index (χ0v) is 12.4. The SMILES string of the molecule is O=C(CC1CC2CCC(C1)N2)Nc1cc(C(F)(F)F)ccc1F. The van der Waals surface area contributed by atoms with Crippen LogP contribution in [-0.2, 0) is 11.0 Å². The van der Waals surface area contributed by atoms with E-state index in [0.29, 0.717) is 24.2 Å². The number of alkyl halides is 3. The lowest BCUT2D eigenvalue weighted by Crippen LogP contribution is -2.39. The van der Waals surface area contributed by atoms with Crippen LogP contribution in [0.15, 0.2) is 18.2 Å². The van der Waals surface area contributed by atoms with Crippen molar-refractivity contribution >= 4 is 11.6 Å². The van der Waals surface area contributed by atoms with Crippen molar-refractivity contribution in [3.63, 3.8) is 0 Å². The number of nitrogens with one attached hydrogen (secondary N) is 2. The molecule has 3 nitrogen and oxygen atoms in total. The molecule has 1 amide bonds. The maximum atomic E-state index is 13.6. The van der Waals surface area contributed by atoms with E-state index >= 15 is 0 Å². The molecule has 0 radical (unpaired) electrons. The second kappa shape index (κ2) is 6.11. The summed E-state index contributed by atoms with van der Waals surface area (Å²) in [5.41, 5.74) is -1.39. The molecule has 2 fully saturated rings. The number of hydrogen-bond donors (Lipinski definition) is 2. The van der Waals surface area contributed by atoms with E-state index in [9.17, 15) is 22.4 Å². The zero-order valence-electron chi connectivity index (χ0n) is 12.4. The Balaban J connectivity index is 1.63. The largest absolute Gasteiger partial charge is 0.416 e. The van der Waals surface area contributed by atoms with Crippen LogP contribution in [0, 0.1) is 11.7 Å². The van der Waals surface area contributed by atoms with Gasteiger partial charge in [0.05, 0.1) is 11.3 Å². The van der Waals surface area contributed by atoms with Crippen molar-refractivity contribution < 1.29 is 22.4 Å². The van der Waals surface area contributed by atoms with Crippen LogP contribution in [0.5, 0.6) is 0 Å². The highest BCUT2D eigenvalue weighted by molar-refractivity contribution is 5.91. The summed E-state index contributed by atoms with van der Waals surface area (Å²) in [4.78, 5) is 12.0. The Labute approximate surface area is 131 Å². The van der Waals surface area contributed by atoms with Gasteiger partial charge in [-0.3, -0.25) is 4.79 Å². The molecule has 0 saturated carbocycles. The van der Waals surface area contributed by atoms with Gasteiger partial charge in [-0.2, -0.15) is 13.2 Å². The van der Waals surface area contributed by atoms with Crippen molar-refractivity contribution in [2.45, 2.75) is 50.4 Å². The molecule has 23 heavy (non-hydrogen) atoms. The third kappa shape index (κ3) is 3.83. The Morgan fingerprint density at radius 2 is 1.87 bits per heavy atom. The number of fused-ring (bicyclic) bond motifs is 2. The van der Waals surface area contributed by atoms with E-state index in [1.54, 1.807) is 0 Å². The summed E-state index contributed by atoms with van der Waals surface area (Å²) < 4.78 is 51.6. The molecular weight excluding hydrogens is 312 g/mol. The molecule has 2 saturated heterocycles. The first-order valence-corrected chi connectivity index (χ1v) is 7.74. The van der Waals surface area contributed by atoms with Gasteiger partial charge in [0, 0.05) is 18.5 Å². The van der Waals surface area contributed by atoms with E-state index in [1.165, 1.54) is 0 Å². The number of rotatable bonds is 3. The molecule has 2 aliphatic rings. The van der Waals surface area contributed by atoms with Gasteiger partial charge in [0.1, 0.15) is 5.82 Å². The number of piperidine rings is 1. The van der Waals surface area contributed by atoms with Crippen LogP contribution in [0.1, 0.15) is 37.7 Å². The first-order chi connectivity index (χ1) is 10.8. The third-order valence-corrected chi connectivity index (χ3v) is 4.61. The molecule has 2 unspecified atom stereocenters. The molecule has 2 bridgehead atoms. The van der Waals surface area contributed by atoms with Crippen LogP contribution in [0.3, 0.4) is 0 Å². The molecule has 2 N–H and O–H groups in total.